The molecule has 2 atom stereocenters. The van der Waals surface area contributed by atoms with Gasteiger partial charge in [-0.1, -0.05) is 0 Å². The number of halogens is 3. The molecule has 0 fully saturated rings. The molecule has 0 aliphatic heterocycles. The molecule has 0 saturated heterocycles. The third-order valence-corrected chi connectivity index (χ3v) is 2.10. The van der Waals surface area contributed by atoms with Gasteiger partial charge in [0, 0.05) is 12.4 Å². The molecule has 0 saturated carbocycles. The van der Waals surface area contributed by atoms with E-state index in [0.717, 1.165) is 12.3 Å². The van der Waals surface area contributed by atoms with E-state index in [1.54, 1.807) is 0 Å². The van der Waals surface area contributed by atoms with Gasteiger partial charge in [0.25, 0.3) is 0 Å². The molecule has 1 heterocycles. The molecule has 2 unspecified atom stereocenters. The van der Waals surface area contributed by atoms with Gasteiger partial charge in [-0.15, -0.1) is 0 Å². The Bertz CT molecular complexity index is 422. The number of aromatic nitrogens is 1. The summed E-state index contributed by atoms with van der Waals surface area (Å²) < 4.78 is 37.6. The highest BCUT2D eigenvalue weighted by Crippen LogP contribution is 2.34. The van der Waals surface area contributed by atoms with Crippen molar-refractivity contribution in [2.24, 2.45) is 5.73 Å². The summed E-state index contributed by atoms with van der Waals surface area (Å²) in [6.07, 6.45) is -5.16. The lowest BCUT2D eigenvalue weighted by Crippen LogP contribution is -2.37. The zero-order valence-corrected chi connectivity index (χ0v) is 8.35. The van der Waals surface area contributed by atoms with Crippen LogP contribution < -0.4 is 5.73 Å². The Hall–Kier alpha value is -1.67. The van der Waals surface area contributed by atoms with Crippen molar-refractivity contribution in [1.82, 2.24) is 4.98 Å². The molecule has 94 valence electrons. The summed E-state index contributed by atoms with van der Waals surface area (Å²) >= 11 is 0. The molecule has 17 heavy (non-hydrogen) atoms. The molecule has 0 amide bonds. The van der Waals surface area contributed by atoms with Crippen LogP contribution in [-0.4, -0.2) is 27.2 Å². The standard InChI is InChI=1S/C9H9F3N2O3/c10-9(11,12)5-3-14-2-1-4(5)7(15)6(13)8(16)17/h1-3,6-7,15H,13H2,(H,16,17). The fraction of sp³-hybridized carbons (Fsp3) is 0.333. The normalized spacial score (nSPS) is 15.4. The van der Waals surface area contributed by atoms with Gasteiger partial charge in [-0.3, -0.25) is 9.78 Å². The van der Waals surface area contributed by atoms with Crippen molar-refractivity contribution >= 4 is 5.97 Å². The Morgan fingerprint density at radius 1 is 1.47 bits per heavy atom. The summed E-state index contributed by atoms with van der Waals surface area (Å²) in [5.41, 5.74) is 3.25. The molecule has 0 bridgehead atoms. The first-order valence-corrected chi connectivity index (χ1v) is 4.42. The van der Waals surface area contributed by atoms with E-state index in [-0.39, 0.29) is 0 Å². The third kappa shape index (κ3) is 2.92. The maximum atomic E-state index is 12.5. The topological polar surface area (TPSA) is 96.4 Å². The predicted octanol–water partition coefficient (Wildman–Crippen LogP) is 0.546. The van der Waals surface area contributed by atoms with Crippen molar-refractivity contribution in [3.63, 3.8) is 0 Å². The summed E-state index contributed by atoms with van der Waals surface area (Å²) in [6.45, 7) is 0. The summed E-state index contributed by atoms with van der Waals surface area (Å²) in [6, 6.07) is -0.950. The number of hydrogen-bond donors (Lipinski definition) is 3. The highest BCUT2D eigenvalue weighted by Gasteiger charge is 2.37. The molecule has 0 spiro atoms. The van der Waals surface area contributed by atoms with Crippen LogP contribution in [0.1, 0.15) is 17.2 Å². The maximum absolute atomic E-state index is 12.5. The monoisotopic (exact) mass is 250 g/mol. The Morgan fingerprint density at radius 2 is 2.06 bits per heavy atom. The van der Waals surface area contributed by atoms with Crippen molar-refractivity contribution in [2.75, 3.05) is 0 Å². The lowest BCUT2D eigenvalue weighted by Gasteiger charge is -2.19. The highest BCUT2D eigenvalue weighted by molar-refractivity contribution is 5.74. The number of nitrogens with zero attached hydrogens (tertiary/aromatic N) is 1. The van der Waals surface area contributed by atoms with Crippen LogP contribution >= 0.6 is 0 Å². The number of hydrogen-bond acceptors (Lipinski definition) is 4. The van der Waals surface area contributed by atoms with Crippen LogP contribution in [0, 0.1) is 0 Å². The minimum Gasteiger partial charge on any atom is -0.480 e. The molecule has 0 aliphatic rings. The van der Waals surface area contributed by atoms with E-state index in [1.165, 1.54) is 0 Å². The van der Waals surface area contributed by atoms with Crippen LogP contribution in [0.25, 0.3) is 0 Å². The lowest BCUT2D eigenvalue weighted by molar-refractivity contribution is -0.144. The van der Waals surface area contributed by atoms with Gasteiger partial charge in [-0.05, 0) is 11.6 Å². The Balaban J connectivity index is 3.18. The minimum absolute atomic E-state index is 0.507. The van der Waals surface area contributed by atoms with E-state index in [1.807, 2.05) is 0 Å². The molecule has 1 aromatic rings. The van der Waals surface area contributed by atoms with Crippen molar-refractivity contribution in [2.45, 2.75) is 18.3 Å². The van der Waals surface area contributed by atoms with Gasteiger partial charge in [0.1, 0.15) is 12.1 Å². The molecule has 0 aromatic carbocycles. The Kier molecular flexibility index (Phi) is 3.69. The average Bonchev–Trinajstić information content (AvgIpc) is 2.25. The molecule has 8 heteroatoms. The zero-order chi connectivity index (χ0) is 13.2. The largest absolute Gasteiger partial charge is 0.480 e. The molecule has 0 aliphatic carbocycles. The molecular formula is C9H9F3N2O3. The van der Waals surface area contributed by atoms with Crippen LogP contribution in [0.4, 0.5) is 13.2 Å². The zero-order valence-electron chi connectivity index (χ0n) is 8.35. The molecular weight excluding hydrogens is 241 g/mol. The van der Waals surface area contributed by atoms with Gasteiger partial charge in [0.2, 0.25) is 0 Å². The SMILES string of the molecule is NC(C(=O)O)C(O)c1ccncc1C(F)(F)F. The van der Waals surface area contributed by atoms with Gasteiger partial charge in [-0.25, -0.2) is 0 Å². The number of aliphatic hydroxyl groups excluding tert-OH is 1. The number of pyridine rings is 1. The summed E-state index contributed by atoms with van der Waals surface area (Å²) in [5, 5.41) is 18.0. The van der Waals surface area contributed by atoms with E-state index in [9.17, 15) is 23.1 Å². The number of carboxylic acids is 1. The number of aliphatic hydroxyl groups is 1. The number of carboxylic acid groups (broad SMARTS) is 1. The van der Waals surface area contributed by atoms with Crippen LogP contribution in [0.2, 0.25) is 0 Å². The lowest BCUT2D eigenvalue weighted by atomic mass is 9.99. The van der Waals surface area contributed by atoms with E-state index in [2.05, 4.69) is 4.98 Å². The van der Waals surface area contributed by atoms with Gasteiger partial charge >= 0.3 is 12.1 Å². The van der Waals surface area contributed by atoms with Gasteiger partial charge in [0.15, 0.2) is 0 Å². The Labute approximate surface area is 93.7 Å². The fourth-order valence-electron chi connectivity index (χ4n) is 1.23. The Morgan fingerprint density at radius 3 is 2.53 bits per heavy atom. The van der Waals surface area contributed by atoms with Crippen LogP contribution in [0.3, 0.4) is 0 Å². The number of aliphatic carboxylic acids is 1. The quantitative estimate of drug-likeness (QED) is 0.727. The fourth-order valence-corrected chi connectivity index (χ4v) is 1.23. The van der Waals surface area contributed by atoms with Crippen LogP contribution in [-0.2, 0) is 11.0 Å². The smallest absolute Gasteiger partial charge is 0.418 e. The molecule has 0 radical (unpaired) electrons. The summed E-state index contributed by atoms with van der Waals surface area (Å²) in [4.78, 5) is 13.8. The van der Waals surface area contributed by atoms with Gasteiger partial charge < -0.3 is 15.9 Å². The first-order valence-electron chi connectivity index (χ1n) is 4.42. The molecule has 1 rings (SSSR count). The first-order chi connectivity index (χ1) is 7.75. The summed E-state index contributed by atoms with van der Waals surface area (Å²) in [7, 11) is 0. The number of carbonyl (C=O) groups is 1. The number of alkyl halides is 3. The number of nitrogens with two attached hydrogens (primary N) is 1. The van der Waals surface area contributed by atoms with Crippen molar-refractivity contribution in [3.8, 4) is 0 Å². The third-order valence-electron chi connectivity index (χ3n) is 2.10. The number of rotatable bonds is 3. The maximum Gasteiger partial charge on any atom is 0.418 e. The second kappa shape index (κ2) is 4.68. The van der Waals surface area contributed by atoms with E-state index >= 15 is 0 Å². The minimum atomic E-state index is -4.73. The molecule has 5 nitrogen and oxygen atoms in total. The highest BCUT2D eigenvalue weighted by atomic mass is 19.4. The van der Waals surface area contributed by atoms with Crippen molar-refractivity contribution in [1.29, 1.82) is 0 Å². The first kappa shape index (κ1) is 13.4. The molecule has 4 N–H and O–H groups in total. The van der Waals surface area contributed by atoms with Gasteiger partial charge in [-0.2, -0.15) is 13.2 Å². The summed E-state index contributed by atoms with van der Waals surface area (Å²) in [5.74, 6) is -1.59. The van der Waals surface area contributed by atoms with E-state index < -0.39 is 35.4 Å². The van der Waals surface area contributed by atoms with Crippen molar-refractivity contribution < 1.29 is 28.2 Å². The van der Waals surface area contributed by atoms with Crippen LogP contribution in [0.5, 0.6) is 0 Å². The second-order valence-electron chi connectivity index (χ2n) is 3.27. The van der Waals surface area contributed by atoms with E-state index in [0.29, 0.717) is 6.20 Å². The van der Waals surface area contributed by atoms with Gasteiger partial charge in [0.05, 0.1) is 5.56 Å². The average molecular weight is 250 g/mol. The van der Waals surface area contributed by atoms with Crippen LogP contribution in [0.15, 0.2) is 18.5 Å². The van der Waals surface area contributed by atoms with Crippen molar-refractivity contribution in [3.05, 3.63) is 29.6 Å². The predicted molar refractivity (Wildman–Crippen MR) is 49.8 cm³/mol. The van der Waals surface area contributed by atoms with E-state index in [4.69, 9.17) is 10.8 Å². The second-order valence-corrected chi connectivity index (χ2v) is 3.27. The molecule has 1 aromatic heterocycles.